The van der Waals surface area contributed by atoms with Crippen LogP contribution in [0.4, 0.5) is 0 Å². The molecule has 4 nitrogen and oxygen atoms in total. The fourth-order valence-electron chi connectivity index (χ4n) is 1.50. The first-order chi connectivity index (χ1) is 7.72. The van der Waals surface area contributed by atoms with Crippen LogP contribution in [0, 0.1) is 6.92 Å². The third-order valence-corrected chi connectivity index (χ3v) is 2.64. The lowest BCUT2D eigenvalue weighted by Gasteiger charge is -2.06. The molecule has 2 heterocycles. The summed E-state index contributed by atoms with van der Waals surface area (Å²) >= 11 is 6.09. The van der Waals surface area contributed by atoms with E-state index in [1.165, 1.54) is 6.33 Å². The first-order valence-electron chi connectivity index (χ1n) is 5.01. The van der Waals surface area contributed by atoms with Crippen LogP contribution < -0.4 is 0 Å². The molecular formula is C11H11ClN4. The Labute approximate surface area is 98.8 Å². The Kier molecular flexibility index (Phi) is 3.10. The molecule has 0 radical (unpaired) electrons. The second-order valence-corrected chi connectivity index (χ2v) is 3.71. The molecule has 0 saturated heterocycles. The van der Waals surface area contributed by atoms with E-state index in [1.54, 1.807) is 12.3 Å². The maximum absolute atomic E-state index is 6.09. The number of aromatic nitrogens is 4. The number of nitrogens with zero attached hydrogens (tertiary/aromatic N) is 4. The van der Waals surface area contributed by atoms with Crippen molar-refractivity contribution in [1.82, 2.24) is 19.9 Å². The lowest BCUT2D eigenvalue weighted by Crippen LogP contribution is -2.00. The SMILES string of the molecule is CCc1c(C)nc(-c2ccncn2)nc1Cl. The zero-order valence-corrected chi connectivity index (χ0v) is 9.86. The van der Waals surface area contributed by atoms with Gasteiger partial charge in [0, 0.05) is 17.5 Å². The number of rotatable bonds is 2. The molecule has 0 amide bonds. The van der Waals surface area contributed by atoms with E-state index in [1.807, 2.05) is 13.8 Å². The van der Waals surface area contributed by atoms with Crippen molar-refractivity contribution in [2.75, 3.05) is 0 Å². The van der Waals surface area contributed by atoms with E-state index in [-0.39, 0.29) is 0 Å². The van der Waals surface area contributed by atoms with Crippen LogP contribution in [0.1, 0.15) is 18.2 Å². The minimum atomic E-state index is 0.503. The van der Waals surface area contributed by atoms with E-state index in [0.717, 1.165) is 17.7 Å². The van der Waals surface area contributed by atoms with Crippen LogP contribution in [0.25, 0.3) is 11.5 Å². The fourth-order valence-corrected chi connectivity index (χ4v) is 1.85. The van der Waals surface area contributed by atoms with E-state index >= 15 is 0 Å². The number of hydrogen-bond donors (Lipinski definition) is 0. The maximum atomic E-state index is 6.09. The van der Waals surface area contributed by atoms with Gasteiger partial charge in [-0.05, 0) is 19.4 Å². The first kappa shape index (κ1) is 11.0. The highest BCUT2D eigenvalue weighted by Gasteiger charge is 2.10. The molecular weight excluding hydrogens is 224 g/mol. The fraction of sp³-hybridized carbons (Fsp3) is 0.273. The van der Waals surface area contributed by atoms with E-state index < -0.39 is 0 Å². The molecule has 5 heteroatoms. The molecule has 0 N–H and O–H groups in total. The van der Waals surface area contributed by atoms with Crippen LogP contribution in [-0.4, -0.2) is 19.9 Å². The molecule has 0 unspecified atom stereocenters. The van der Waals surface area contributed by atoms with Gasteiger partial charge >= 0.3 is 0 Å². The van der Waals surface area contributed by atoms with Crippen LogP contribution >= 0.6 is 11.6 Å². The molecule has 0 atom stereocenters. The van der Waals surface area contributed by atoms with Crippen LogP contribution in [0.5, 0.6) is 0 Å². The van der Waals surface area contributed by atoms with Gasteiger partial charge < -0.3 is 0 Å². The van der Waals surface area contributed by atoms with Crippen molar-refractivity contribution in [1.29, 1.82) is 0 Å². The first-order valence-corrected chi connectivity index (χ1v) is 5.39. The summed E-state index contributed by atoms with van der Waals surface area (Å²) in [4.78, 5) is 16.6. The van der Waals surface area contributed by atoms with Gasteiger partial charge in [0.15, 0.2) is 5.82 Å². The molecule has 2 rings (SSSR count). The largest absolute Gasteiger partial charge is 0.245 e. The normalized spacial score (nSPS) is 10.4. The van der Waals surface area contributed by atoms with Gasteiger partial charge in [-0.3, -0.25) is 0 Å². The van der Waals surface area contributed by atoms with Gasteiger partial charge in [0.05, 0.1) is 0 Å². The van der Waals surface area contributed by atoms with Crippen molar-refractivity contribution in [2.45, 2.75) is 20.3 Å². The summed E-state index contributed by atoms with van der Waals surface area (Å²) in [6, 6.07) is 1.76. The summed E-state index contributed by atoms with van der Waals surface area (Å²) in [6.07, 6.45) is 3.95. The molecule has 0 aliphatic carbocycles. The number of aryl methyl sites for hydroxylation is 1. The summed E-state index contributed by atoms with van der Waals surface area (Å²) in [5, 5.41) is 0.503. The molecule has 0 spiro atoms. The van der Waals surface area contributed by atoms with Crippen molar-refractivity contribution in [3.63, 3.8) is 0 Å². The predicted octanol–water partition coefficient (Wildman–Crippen LogP) is 2.46. The average Bonchev–Trinajstić information content (AvgIpc) is 2.30. The highest BCUT2D eigenvalue weighted by molar-refractivity contribution is 6.30. The standard InChI is InChI=1S/C11H11ClN4/c1-3-8-7(2)15-11(16-10(8)12)9-4-5-13-6-14-9/h4-6H,3H2,1-2H3. The second kappa shape index (κ2) is 4.53. The minimum Gasteiger partial charge on any atom is -0.245 e. The van der Waals surface area contributed by atoms with E-state index in [4.69, 9.17) is 11.6 Å². The van der Waals surface area contributed by atoms with Crippen molar-refractivity contribution in [3.05, 3.63) is 35.0 Å². The van der Waals surface area contributed by atoms with Crippen molar-refractivity contribution in [3.8, 4) is 11.5 Å². The monoisotopic (exact) mass is 234 g/mol. The third-order valence-electron chi connectivity index (χ3n) is 2.33. The molecule has 0 aliphatic heterocycles. The van der Waals surface area contributed by atoms with Gasteiger partial charge in [-0.15, -0.1) is 0 Å². The molecule has 0 fully saturated rings. The second-order valence-electron chi connectivity index (χ2n) is 3.35. The van der Waals surface area contributed by atoms with E-state index in [9.17, 15) is 0 Å². The Morgan fingerprint density at radius 1 is 1.31 bits per heavy atom. The Bertz CT molecular complexity index is 476. The van der Waals surface area contributed by atoms with Crippen LogP contribution in [0.15, 0.2) is 18.6 Å². The number of halogens is 1. The summed E-state index contributed by atoms with van der Waals surface area (Å²) < 4.78 is 0. The molecule has 0 aliphatic rings. The van der Waals surface area contributed by atoms with Crippen LogP contribution in [-0.2, 0) is 6.42 Å². The summed E-state index contributed by atoms with van der Waals surface area (Å²) in [6.45, 7) is 3.96. The summed E-state index contributed by atoms with van der Waals surface area (Å²) in [5.74, 6) is 0.544. The quantitative estimate of drug-likeness (QED) is 0.749. The van der Waals surface area contributed by atoms with E-state index in [0.29, 0.717) is 16.7 Å². The van der Waals surface area contributed by atoms with Gasteiger partial charge in [0.1, 0.15) is 17.2 Å². The molecule has 82 valence electrons. The smallest absolute Gasteiger partial charge is 0.179 e. The van der Waals surface area contributed by atoms with Crippen molar-refractivity contribution in [2.24, 2.45) is 0 Å². The van der Waals surface area contributed by atoms with Crippen molar-refractivity contribution < 1.29 is 0 Å². The molecule has 0 aromatic carbocycles. The third kappa shape index (κ3) is 2.02. The highest BCUT2D eigenvalue weighted by atomic mass is 35.5. The van der Waals surface area contributed by atoms with Crippen molar-refractivity contribution >= 4 is 11.6 Å². The lowest BCUT2D eigenvalue weighted by atomic mass is 10.2. The Hall–Kier alpha value is -1.55. The molecule has 2 aromatic rings. The highest BCUT2D eigenvalue weighted by Crippen LogP contribution is 2.20. The van der Waals surface area contributed by atoms with Gasteiger partial charge in [-0.1, -0.05) is 18.5 Å². The summed E-state index contributed by atoms with van der Waals surface area (Å²) in [7, 11) is 0. The average molecular weight is 235 g/mol. The predicted molar refractivity (Wildman–Crippen MR) is 62.2 cm³/mol. The van der Waals surface area contributed by atoms with Crippen LogP contribution in [0.2, 0.25) is 5.15 Å². The minimum absolute atomic E-state index is 0.503. The van der Waals surface area contributed by atoms with Gasteiger partial charge in [0.2, 0.25) is 0 Å². The van der Waals surface area contributed by atoms with E-state index in [2.05, 4.69) is 19.9 Å². The zero-order chi connectivity index (χ0) is 11.5. The topological polar surface area (TPSA) is 51.6 Å². The molecule has 0 bridgehead atoms. The summed E-state index contributed by atoms with van der Waals surface area (Å²) in [5.41, 5.74) is 2.57. The molecule has 2 aromatic heterocycles. The number of hydrogen-bond acceptors (Lipinski definition) is 4. The van der Waals surface area contributed by atoms with Gasteiger partial charge in [-0.25, -0.2) is 19.9 Å². The Morgan fingerprint density at radius 2 is 2.12 bits per heavy atom. The van der Waals surface area contributed by atoms with Crippen LogP contribution in [0.3, 0.4) is 0 Å². The zero-order valence-electron chi connectivity index (χ0n) is 9.11. The van der Waals surface area contributed by atoms with Gasteiger partial charge in [0.25, 0.3) is 0 Å². The Morgan fingerprint density at radius 3 is 2.69 bits per heavy atom. The maximum Gasteiger partial charge on any atom is 0.179 e. The molecule has 16 heavy (non-hydrogen) atoms. The molecule has 0 saturated carbocycles. The lowest BCUT2D eigenvalue weighted by molar-refractivity contribution is 0.991. The Balaban J connectivity index is 2.53. The van der Waals surface area contributed by atoms with Gasteiger partial charge in [-0.2, -0.15) is 0 Å².